The molecular weight excluding hydrogens is 308 g/mol. The van der Waals surface area contributed by atoms with Gasteiger partial charge in [-0.15, -0.1) is 0 Å². The van der Waals surface area contributed by atoms with E-state index in [2.05, 4.69) is 20.3 Å². The van der Waals surface area contributed by atoms with Crippen molar-refractivity contribution in [2.24, 2.45) is 0 Å². The molecule has 0 bridgehead atoms. The van der Waals surface area contributed by atoms with Gasteiger partial charge in [0.25, 0.3) is 5.91 Å². The zero-order valence-electron chi connectivity index (χ0n) is 13.0. The third kappa shape index (κ3) is 3.40. The highest BCUT2D eigenvalue weighted by molar-refractivity contribution is 5.98. The minimum atomic E-state index is -0.892. The normalized spacial score (nSPS) is 11.9. The summed E-state index contributed by atoms with van der Waals surface area (Å²) < 4.78 is 5.33. The number of carbonyl (C=O) groups excluding carboxylic acids is 2. The van der Waals surface area contributed by atoms with E-state index in [1.807, 2.05) is 0 Å². The second-order valence-corrected chi connectivity index (χ2v) is 5.14. The summed E-state index contributed by atoms with van der Waals surface area (Å²) in [4.78, 5) is 35.6. The number of pyridine rings is 1. The molecular formula is C17H16N4O3. The number of nitrogens with one attached hydrogen (secondary N) is 2. The van der Waals surface area contributed by atoms with Gasteiger partial charge >= 0.3 is 5.97 Å². The highest BCUT2D eigenvalue weighted by Gasteiger charge is 2.22. The fraction of sp³-hybridized carbons (Fsp3) is 0.176. The minimum Gasteiger partial charge on any atom is -0.449 e. The Labute approximate surface area is 138 Å². The lowest BCUT2D eigenvalue weighted by atomic mass is 10.2. The highest BCUT2D eigenvalue weighted by atomic mass is 16.5. The Kier molecular flexibility index (Phi) is 4.51. The van der Waals surface area contributed by atoms with Gasteiger partial charge in [-0.3, -0.25) is 4.79 Å². The molecule has 7 heteroatoms. The molecule has 0 spiro atoms. The molecule has 1 atom stereocenters. The van der Waals surface area contributed by atoms with Gasteiger partial charge in [-0.05, 0) is 36.8 Å². The third-order valence-electron chi connectivity index (χ3n) is 3.48. The van der Waals surface area contributed by atoms with Gasteiger partial charge in [-0.1, -0.05) is 13.0 Å². The summed E-state index contributed by atoms with van der Waals surface area (Å²) in [6, 6.07) is 10.2. The number of nitrogens with zero attached hydrogens (tertiary/aromatic N) is 2. The molecule has 0 radical (unpaired) electrons. The number of amides is 1. The van der Waals surface area contributed by atoms with Gasteiger partial charge < -0.3 is 15.0 Å². The summed E-state index contributed by atoms with van der Waals surface area (Å²) in [6.07, 6.45) is 2.59. The molecule has 7 nitrogen and oxygen atoms in total. The molecule has 0 aliphatic heterocycles. The van der Waals surface area contributed by atoms with Gasteiger partial charge in [0.05, 0.1) is 22.9 Å². The topological polar surface area (TPSA) is 97.0 Å². The van der Waals surface area contributed by atoms with Crippen molar-refractivity contribution in [2.45, 2.75) is 19.4 Å². The zero-order chi connectivity index (χ0) is 16.9. The number of rotatable bonds is 5. The van der Waals surface area contributed by atoms with E-state index < -0.39 is 18.0 Å². The highest BCUT2D eigenvalue weighted by Crippen LogP contribution is 2.14. The van der Waals surface area contributed by atoms with Gasteiger partial charge in [0.2, 0.25) is 0 Å². The first-order chi connectivity index (χ1) is 11.7. The van der Waals surface area contributed by atoms with Crippen LogP contribution in [0.1, 0.15) is 23.7 Å². The van der Waals surface area contributed by atoms with Crippen LogP contribution in [0.15, 0.2) is 48.9 Å². The number of aromatic amines is 1. The Hall–Kier alpha value is -3.22. The summed E-state index contributed by atoms with van der Waals surface area (Å²) in [6.45, 7) is 1.77. The van der Waals surface area contributed by atoms with Gasteiger partial charge in [0, 0.05) is 6.20 Å². The van der Waals surface area contributed by atoms with Crippen molar-refractivity contribution in [1.29, 1.82) is 0 Å². The predicted octanol–water partition coefficient (Wildman–Crippen LogP) is 2.53. The van der Waals surface area contributed by atoms with Crippen LogP contribution < -0.4 is 5.32 Å². The Morgan fingerprint density at radius 1 is 1.25 bits per heavy atom. The maximum absolute atomic E-state index is 12.3. The van der Waals surface area contributed by atoms with Crippen molar-refractivity contribution in [1.82, 2.24) is 15.0 Å². The fourth-order valence-corrected chi connectivity index (χ4v) is 2.23. The molecule has 122 valence electrons. The number of anilines is 1. The number of imidazole rings is 1. The molecule has 3 aromatic rings. The number of hydrogen-bond donors (Lipinski definition) is 2. The van der Waals surface area contributed by atoms with E-state index >= 15 is 0 Å². The Bertz CT molecular complexity index is 860. The van der Waals surface area contributed by atoms with Crippen LogP contribution in [-0.2, 0) is 9.53 Å². The lowest BCUT2D eigenvalue weighted by Crippen LogP contribution is -2.32. The van der Waals surface area contributed by atoms with Gasteiger partial charge in [0.15, 0.2) is 6.10 Å². The van der Waals surface area contributed by atoms with Gasteiger partial charge in [-0.2, -0.15) is 0 Å². The first kappa shape index (κ1) is 15.7. The Morgan fingerprint density at radius 2 is 2.12 bits per heavy atom. The van der Waals surface area contributed by atoms with E-state index in [0.717, 1.165) is 11.0 Å². The number of esters is 1. The molecule has 2 heterocycles. The smallest absolute Gasteiger partial charge is 0.338 e. The van der Waals surface area contributed by atoms with Gasteiger partial charge in [0.1, 0.15) is 5.82 Å². The quantitative estimate of drug-likeness (QED) is 0.703. The SMILES string of the molecule is CCC(OC(=O)c1ccc2nc[nH]c2c1)C(=O)Nc1ccccn1. The molecule has 0 saturated carbocycles. The summed E-state index contributed by atoms with van der Waals surface area (Å²) in [5, 5.41) is 2.63. The number of benzene rings is 1. The lowest BCUT2D eigenvalue weighted by Gasteiger charge is -2.15. The van der Waals surface area contributed by atoms with E-state index in [1.54, 1.807) is 55.8 Å². The molecule has 0 aliphatic carbocycles. The van der Waals surface area contributed by atoms with Crippen molar-refractivity contribution in [2.75, 3.05) is 5.32 Å². The second kappa shape index (κ2) is 6.91. The number of carbonyl (C=O) groups is 2. The summed E-state index contributed by atoms with van der Waals surface area (Å²) in [7, 11) is 0. The third-order valence-corrected chi connectivity index (χ3v) is 3.48. The molecule has 2 aromatic heterocycles. The van der Waals surface area contributed by atoms with Crippen molar-refractivity contribution >= 4 is 28.7 Å². The summed E-state index contributed by atoms with van der Waals surface area (Å²) in [5.41, 5.74) is 1.85. The molecule has 24 heavy (non-hydrogen) atoms. The van der Waals surface area contributed by atoms with E-state index in [4.69, 9.17) is 4.74 Å². The molecule has 2 N–H and O–H groups in total. The van der Waals surface area contributed by atoms with Crippen molar-refractivity contribution in [3.8, 4) is 0 Å². The van der Waals surface area contributed by atoms with Crippen LogP contribution in [0.5, 0.6) is 0 Å². The lowest BCUT2D eigenvalue weighted by molar-refractivity contribution is -0.124. The van der Waals surface area contributed by atoms with Crippen molar-refractivity contribution in [3.05, 3.63) is 54.5 Å². The monoisotopic (exact) mass is 324 g/mol. The van der Waals surface area contributed by atoms with Crippen LogP contribution >= 0.6 is 0 Å². The van der Waals surface area contributed by atoms with Crippen LogP contribution in [0.2, 0.25) is 0 Å². The van der Waals surface area contributed by atoms with E-state index in [9.17, 15) is 9.59 Å². The number of aromatic nitrogens is 3. The minimum absolute atomic E-state index is 0.357. The maximum Gasteiger partial charge on any atom is 0.338 e. The predicted molar refractivity (Wildman–Crippen MR) is 88.5 cm³/mol. The van der Waals surface area contributed by atoms with Crippen LogP contribution in [0.4, 0.5) is 5.82 Å². The standard InChI is InChI=1S/C17H16N4O3/c1-2-14(16(22)21-15-5-3-4-8-18-15)24-17(23)11-6-7-12-13(9-11)20-10-19-12/h3-10,14H,2H2,1H3,(H,19,20)(H,18,21,22). The zero-order valence-corrected chi connectivity index (χ0v) is 13.0. The molecule has 1 amide bonds. The van der Waals surface area contributed by atoms with Gasteiger partial charge in [-0.25, -0.2) is 14.8 Å². The van der Waals surface area contributed by atoms with Crippen LogP contribution in [0, 0.1) is 0 Å². The number of hydrogen-bond acceptors (Lipinski definition) is 5. The summed E-state index contributed by atoms with van der Waals surface area (Å²) in [5.74, 6) is -0.558. The first-order valence-corrected chi connectivity index (χ1v) is 7.53. The number of H-pyrrole nitrogens is 1. The average Bonchev–Trinajstić information content (AvgIpc) is 3.07. The van der Waals surface area contributed by atoms with Crippen LogP contribution in [0.25, 0.3) is 11.0 Å². The average molecular weight is 324 g/mol. The first-order valence-electron chi connectivity index (χ1n) is 7.53. The number of fused-ring (bicyclic) bond motifs is 1. The fourth-order valence-electron chi connectivity index (χ4n) is 2.23. The Balaban J connectivity index is 1.69. The van der Waals surface area contributed by atoms with Crippen LogP contribution in [0.3, 0.4) is 0 Å². The molecule has 0 fully saturated rings. The van der Waals surface area contributed by atoms with E-state index in [1.165, 1.54) is 0 Å². The molecule has 1 unspecified atom stereocenters. The second-order valence-electron chi connectivity index (χ2n) is 5.14. The molecule has 0 aliphatic rings. The largest absolute Gasteiger partial charge is 0.449 e. The number of ether oxygens (including phenoxy) is 1. The van der Waals surface area contributed by atoms with Crippen molar-refractivity contribution in [3.63, 3.8) is 0 Å². The van der Waals surface area contributed by atoms with E-state index in [-0.39, 0.29) is 0 Å². The van der Waals surface area contributed by atoms with Crippen molar-refractivity contribution < 1.29 is 14.3 Å². The Morgan fingerprint density at radius 3 is 2.88 bits per heavy atom. The van der Waals surface area contributed by atoms with Crippen LogP contribution in [-0.4, -0.2) is 32.9 Å². The van der Waals surface area contributed by atoms with E-state index in [0.29, 0.717) is 17.8 Å². The molecule has 0 saturated heterocycles. The molecule has 3 rings (SSSR count). The molecule has 1 aromatic carbocycles. The maximum atomic E-state index is 12.3. The summed E-state index contributed by atoms with van der Waals surface area (Å²) >= 11 is 0.